The molecule has 0 aromatic heterocycles. The molecule has 0 heterocycles. The Hall–Kier alpha value is -0.791. The van der Waals surface area contributed by atoms with Crippen LogP contribution in [0.25, 0.3) is 0 Å². The molecule has 0 unspecified atom stereocenters. The van der Waals surface area contributed by atoms with Gasteiger partial charge in [0.2, 0.25) is 0 Å². The molecule has 0 radical (unpaired) electrons. The topological polar surface area (TPSA) is 78.9 Å². The van der Waals surface area contributed by atoms with Crippen LogP contribution in [0.1, 0.15) is 175 Å². The number of carbonyl (C=O) groups is 3. The minimum absolute atomic E-state index is 0.279. The molecule has 0 rings (SSSR count). The summed E-state index contributed by atoms with van der Waals surface area (Å²) < 4.78 is 18.1. The molecule has 0 bridgehead atoms. The Kier molecular flexibility index (Phi) is 25.9. The van der Waals surface area contributed by atoms with Crippen molar-refractivity contribution in [2.45, 2.75) is 180 Å². The molecule has 0 amide bonds. The van der Waals surface area contributed by atoms with Crippen LogP contribution < -0.4 is 0 Å². The van der Waals surface area contributed by atoms with Crippen molar-refractivity contribution in [3.05, 3.63) is 0 Å². The molecular formula is C31H60O6Sn. The summed E-state index contributed by atoms with van der Waals surface area (Å²) in [5.41, 5.74) is 0. The number of carbonyl (C=O) groups excluding carboxylic acids is 3. The van der Waals surface area contributed by atoms with Crippen LogP contribution in [-0.2, 0) is 23.6 Å². The average Bonchev–Trinajstić information content (AvgIpc) is 2.89. The van der Waals surface area contributed by atoms with E-state index in [-0.39, 0.29) is 37.2 Å². The molecule has 38 heavy (non-hydrogen) atoms. The van der Waals surface area contributed by atoms with Gasteiger partial charge in [-0.2, -0.15) is 0 Å². The number of hydrogen-bond acceptors (Lipinski definition) is 6. The van der Waals surface area contributed by atoms with Crippen LogP contribution in [-0.4, -0.2) is 37.5 Å². The molecule has 0 aromatic rings. The number of hydrogen-bond donors (Lipinski definition) is 0. The van der Waals surface area contributed by atoms with Crippen LogP contribution in [0.2, 0.25) is 4.44 Å². The normalized spacial score (nSPS) is 11.4. The minimum atomic E-state index is -4.74. The fraction of sp³-hybridized carbons (Fsp3) is 0.903. The van der Waals surface area contributed by atoms with E-state index in [4.69, 9.17) is 9.22 Å². The van der Waals surface area contributed by atoms with Crippen LogP contribution >= 0.6 is 0 Å². The maximum absolute atomic E-state index is 12.8. The van der Waals surface area contributed by atoms with E-state index in [1.165, 1.54) is 57.8 Å². The molecular weight excluding hydrogens is 587 g/mol. The zero-order valence-electron chi connectivity index (χ0n) is 25.4. The molecule has 0 saturated carbocycles. The van der Waals surface area contributed by atoms with E-state index in [1.54, 1.807) is 0 Å². The number of unbranched alkanes of at least 4 members (excludes halogenated alkanes) is 16. The third-order valence-electron chi connectivity index (χ3n) is 6.85. The van der Waals surface area contributed by atoms with Crippen molar-refractivity contribution in [3.63, 3.8) is 0 Å². The van der Waals surface area contributed by atoms with Gasteiger partial charge >= 0.3 is 241 Å². The van der Waals surface area contributed by atoms with E-state index in [9.17, 15) is 14.4 Å². The summed E-state index contributed by atoms with van der Waals surface area (Å²) in [4.78, 5) is 38.5. The zero-order chi connectivity index (χ0) is 28.3. The van der Waals surface area contributed by atoms with Gasteiger partial charge in [-0.05, 0) is 0 Å². The van der Waals surface area contributed by atoms with Crippen molar-refractivity contribution in [2.75, 3.05) is 0 Å². The van der Waals surface area contributed by atoms with Gasteiger partial charge in [0.15, 0.2) is 0 Å². The molecule has 6 nitrogen and oxygen atoms in total. The predicted molar refractivity (Wildman–Crippen MR) is 158 cm³/mol. The summed E-state index contributed by atoms with van der Waals surface area (Å²) >= 11 is -4.74. The Morgan fingerprint density at radius 1 is 0.395 bits per heavy atom. The molecule has 0 saturated heterocycles. The number of rotatable bonds is 27. The van der Waals surface area contributed by atoms with Crippen LogP contribution in [0.5, 0.6) is 0 Å². The van der Waals surface area contributed by atoms with Gasteiger partial charge in [-0.3, -0.25) is 0 Å². The second-order valence-electron chi connectivity index (χ2n) is 10.8. The van der Waals surface area contributed by atoms with Gasteiger partial charge in [0.1, 0.15) is 0 Å². The summed E-state index contributed by atoms with van der Waals surface area (Å²) in [7, 11) is 0. The quantitative estimate of drug-likeness (QED) is 0.0653. The summed E-state index contributed by atoms with van der Waals surface area (Å²) in [6, 6.07) is 0. The molecule has 0 aliphatic carbocycles. The van der Waals surface area contributed by atoms with Gasteiger partial charge in [0, 0.05) is 0 Å². The van der Waals surface area contributed by atoms with Crippen molar-refractivity contribution < 1.29 is 23.6 Å². The third-order valence-corrected chi connectivity index (χ3v) is 14.2. The fourth-order valence-corrected chi connectivity index (χ4v) is 11.8. The molecule has 7 heteroatoms. The van der Waals surface area contributed by atoms with Crippen molar-refractivity contribution in [1.82, 2.24) is 0 Å². The molecule has 0 aromatic carbocycles. The predicted octanol–water partition coefficient (Wildman–Crippen LogP) is 9.61. The maximum atomic E-state index is 12.8. The Morgan fingerprint density at radius 3 is 0.947 bits per heavy atom. The fourth-order valence-electron chi connectivity index (χ4n) is 4.43. The van der Waals surface area contributed by atoms with Crippen molar-refractivity contribution in [2.24, 2.45) is 0 Å². The van der Waals surface area contributed by atoms with E-state index in [1.807, 2.05) is 6.92 Å². The third kappa shape index (κ3) is 22.1. The second kappa shape index (κ2) is 26.4. The van der Waals surface area contributed by atoms with E-state index in [0.717, 1.165) is 64.2 Å². The van der Waals surface area contributed by atoms with E-state index in [2.05, 4.69) is 20.8 Å². The van der Waals surface area contributed by atoms with Crippen molar-refractivity contribution in [3.8, 4) is 0 Å². The van der Waals surface area contributed by atoms with Crippen molar-refractivity contribution >= 4 is 37.5 Å². The second-order valence-corrected chi connectivity index (χ2v) is 17.8. The molecule has 0 aliphatic rings. The molecule has 0 N–H and O–H groups in total. The van der Waals surface area contributed by atoms with Gasteiger partial charge < -0.3 is 0 Å². The molecule has 0 aliphatic heterocycles. The first-order chi connectivity index (χ1) is 18.4. The summed E-state index contributed by atoms with van der Waals surface area (Å²) in [5.74, 6) is -1.15. The molecule has 0 spiro atoms. The molecule has 0 fully saturated rings. The molecule has 0 atom stereocenters. The van der Waals surface area contributed by atoms with E-state index >= 15 is 0 Å². The van der Waals surface area contributed by atoms with Gasteiger partial charge in [-0.25, -0.2) is 0 Å². The van der Waals surface area contributed by atoms with Crippen molar-refractivity contribution in [1.29, 1.82) is 0 Å². The van der Waals surface area contributed by atoms with E-state index in [0.29, 0.717) is 10.9 Å². The first kappa shape index (κ1) is 37.2. The van der Waals surface area contributed by atoms with Crippen LogP contribution in [0.4, 0.5) is 0 Å². The van der Waals surface area contributed by atoms with E-state index < -0.39 is 19.6 Å². The van der Waals surface area contributed by atoms with Crippen LogP contribution in [0, 0.1) is 0 Å². The van der Waals surface area contributed by atoms with Gasteiger partial charge in [0.05, 0.1) is 0 Å². The monoisotopic (exact) mass is 648 g/mol. The van der Waals surface area contributed by atoms with Gasteiger partial charge in [0.25, 0.3) is 0 Å². The Labute approximate surface area is 240 Å². The van der Waals surface area contributed by atoms with Crippen LogP contribution in [0.15, 0.2) is 0 Å². The zero-order valence-corrected chi connectivity index (χ0v) is 28.3. The van der Waals surface area contributed by atoms with Crippen LogP contribution in [0.3, 0.4) is 0 Å². The standard InChI is InChI=1S/3C9H18O2.C4H9.Sn/c3*1-2-3-4-5-6-7-8-9(10)11;1-3-4-2;/h3*2-8H2,1H3,(H,10,11);1,3-4H2,2H3;/q;;;;+3/p-3. The average molecular weight is 648 g/mol. The SMILES string of the molecule is CCCCCCCCC(=O)[O][Sn]([CH2]CCC)([O]C(=O)CCCCCCCC)[O]C(=O)CCCCCCCC. The summed E-state index contributed by atoms with van der Waals surface area (Å²) in [5, 5.41) is 0. The summed E-state index contributed by atoms with van der Waals surface area (Å²) in [6.45, 7) is 8.58. The Bertz CT molecular complexity index is 521. The summed E-state index contributed by atoms with van der Waals surface area (Å²) in [6.07, 6.45) is 21.6. The first-order valence-electron chi connectivity index (χ1n) is 16.1. The Balaban J connectivity index is 5.11. The first-order valence-corrected chi connectivity index (χ1v) is 21.6. The van der Waals surface area contributed by atoms with Gasteiger partial charge in [-0.15, -0.1) is 0 Å². The Morgan fingerprint density at radius 2 is 0.658 bits per heavy atom. The molecule has 224 valence electrons. The van der Waals surface area contributed by atoms with Gasteiger partial charge in [-0.1, -0.05) is 0 Å².